The van der Waals surface area contributed by atoms with Gasteiger partial charge in [-0.1, -0.05) is 24.3 Å². The summed E-state index contributed by atoms with van der Waals surface area (Å²) >= 11 is 0. The van der Waals surface area contributed by atoms with Crippen molar-refractivity contribution in [1.82, 2.24) is 4.90 Å². The minimum absolute atomic E-state index is 0.153. The number of piperidine rings is 1. The van der Waals surface area contributed by atoms with Crippen molar-refractivity contribution >= 4 is 5.91 Å². The lowest BCUT2D eigenvalue weighted by Gasteiger charge is -2.33. The monoisotopic (exact) mass is 299 g/mol. The fourth-order valence-corrected chi connectivity index (χ4v) is 4.71. The maximum absolute atomic E-state index is 12.9. The molecule has 4 rings (SSSR count). The van der Waals surface area contributed by atoms with Gasteiger partial charge in [0.05, 0.1) is 0 Å². The summed E-state index contributed by atoms with van der Waals surface area (Å²) in [4.78, 5) is 15.0. The number of hydrogen-bond donors (Lipinski definition) is 1. The van der Waals surface area contributed by atoms with Gasteiger partial charge in [0.1, 0.15) is 0 Å². The van der Waals surface area contributed by atoms with Crippen molar-refractivity contribution in [3.8, 4) is 0 Å². The third-order valence-corrected chi connectivity index (χ3v) is 6.18. The van der Waals surface area contributed by atoms with Crippen LogP contribution in [0, 0.1) is 11.8 Å². The van der Waals surface area contributed by atoms with E-state index in [0.29, 0.717) is 11.8 Å². The van der Waals surface area contributed by atoms with Crippen LogP contribution in [0.3, 0.4) is 0 Å². The molecule has 1 spiro atoms. The van der Waals surface area contributed by atoms with Gasteiger partial charge in [-0.25, -0.2) is 0 Å². The second-order valence-corrected chi connectivity index (χ2v) is 7.37. The molecule has 0 bridgehead atoms. The first kappa shape index (κ1) is 14.3. The fourth-order valence-electron chi connectivity index (χ4n) is 4.71. The van der Waals surface area contributed by atoms with Gasteiger partial charge >= 0.3 is 0 Å². The number of fused-ring (bicyclic) bond motifs is 2. The van der Waals surface area contributed by atoms with Gasteiger partial charge in [0.25, 0.3) is 0 Å². The summed E-state index contributed by atoms with van der Waals surface area (Å²) in [5.41, 5.74) is 3.06. The maximum Gasteiger partial charge on any atom is 0.226 e. The van der Waals surface area contributed by atoms with Crippen molar-refractivity contribution in [3.63, 3.8) is 0 Å². The number of carbonyl (C=O) groups excluding carboxylic acids is 1. The standard InChI is InChI=1S/C19H25NO2/c21-13-14-7-10-20(11-8-14)18(22)17-12-19(17)9-3-5-15-4-1-2-6-16(15)19/h1-2,4,6,14,17,21H,3,5,7-13H2. The molecule has 0 radical (unpaired) electrons. The molecule has 2 atom stereocenters. The maximum atomic E-state index is 12.9. The van der Waals surface area contributed by atoms with Crippen molar-refractivity contribution in [3.05, 3.63) is 35.4 Å². The number of aliphatic hydroxyl groups is 1. The minimum Gasteiger partial charge on any atom is -0.396 e. The summed E-state index contributed by atoms with van der Waals surface area (Å²) in [6.07, 6.45) is 6.52. The Morgan fingerprint density at radius 2 is 2.05 bits per heavy atom. The Morgan fingerprint density at radius 3 is 2.82 bits per heavy atom. The summed E-state index contributed by atoms with van der Waals surface area (Å²) < 4.78 is 0. The number of benzene rings is 1. The van der Waals surface area contributed by atoms with Crippen LogP contribution in [-0.4, -0.2) is 35.6 Å². The number of aliphatic hydroxyl groups excluding tert-OH is 1. The van der Waals surface area contributed by atoms with Gasteiger partial charge in [-0.15, -0.1) is 0 Å². The molecule has 2 fully saturated rings. The zero-order chi connectivity index (χ0) is 15.2. The second kappa shape index (κ2) is 5.38. The van der Waals surface area contributed by atoms with Crippen LogP contribution in [-0.2, 0) is 16.6 Å². The minimum atomic E-state index is 0.153. The first-order chi connectivity index (χ1) is 10.7. The average Bonchev–Trinajstić information content (AvgIpc) is 3.29. The van der Waals surface area contributed by atoms with E-state index in [0.717, 1.165) is 32.4 Å². The van der Waals surface area contributed by atoms with Gasteiger partial charge in [-0.3, -0.25) is 4.79 Å². The Labute approximate surface area is 132 Å². The lowest BCUT2D eigenvalue weighted by molar-refractivity contribution is -0.134. The number of likely N-dealkylation sites (tertiary alicyclic amines) is 1. The molecule has 118 valence electrons. The van der Waals surface area contributed by atoms with Crippen LogP contribution in [0.15, 0.2) is 24.3 Å². The second-order valence-electron chi connectivity index (χ2n) is 7.37. The number of carbonyl (C=O) groups is 1. The molecule has 1 heterocycles. The molecule has 3 heteroatoms. The normalized spacial score (nSPS) is 31.1. The van der Waals surface area contributed by atoms with E-state index in [1.54, 1.807) is 0 Å². The topological polar surface area (TPSA) is 40.5 Å². The number of nitrogens with zero attached hydrogens (tertiary/aromatic N) is 1. The molecule has 3 nitrogen and oxygen atoms in total. The van der Waals surface area contributed by atoms with Crippen LogP contribution in [0.25, 0.3) is 0 Å². The highest BCUT2D eigenvalue weighted by molar-refractivity contribution is 5.85. The van der Waals surface area contributed by atoms with E-state index < -0.39 is 0 Å². The molecule has 1 aromatic carbocycles. The zero-order valence-electron chi connectivity index (χ0n) is 13.1. The molecule has 1 amide bonds. The van der Waals surface area contributed by atoms with E-state index in [2.05, 4.69) is 29.2 Å². The van der Waals surface area contributed by atoms with Gasteiger partial charge in [-0.2, -0.15) is 0 Å². The van der Waals surface area contributed by atoms with Gasteiger partial charge in [0, 0.05) is 31.0 Å². The van der Waals surface area contributed by atoms with Crippen molar-refractivity contribution in [2.45, 2.75) is 43.9 Å². The van der Waals surface area contributed by atoms with E-state index in [4.69, 9.17) is 0 Å². The zero-order valence-corrected chi connectivity index (χ0v) is 13.1. The van der Waals surface area contributed by atoms with E-state index in [9.17, 15) is 9.90 Å². The molecule has 1 aliphatic heterocycles. The highest BCUT2D eigenvalue weighted by Gasteiger charge is 2.60. The SMILES string of the molecule is O=C(C1CC12CCCc1ccccc12)N1CCC(CO)CC1. The molecule has 1 N–H and O–H groups in total. The lowest BCUT2D eigenvalue weighted by atomic mass is 9.78. The molecule has 2 unspecified atom stereocenters. The van der Waals surface area contributed by atoms with Crippen molar-refractivity contribution in [2.24, 2.45) is 11.8 Å². The van der Waals surface area contributed by atoms with Crippen LogP contribution < -0.4 is 0 Å². The summed E-state index contributed by atoms with van der Waals surface area (Å²) in [5.74, 6) is 0.973. The Bertz CT molecular complexity index is 577. The van der Waals surface area contributed by atoms with Crippen LogP contribution in [0.5, 0.6) is 0 Å². The third kappa shape index (κ3) is 2.18. The van der Waals surface area contributed by atoms with E-state index >= 15 is 0 Å². The third-order valence-electron chi connectivity index (χ3n) is 6.18. The average molecular weight is 299 g/mol. The molecule has 1 saturated heterocycles. The molecule has 2 aliphatic carbocycles. The predicted octanol–water partition coefficient (Wildman–Crippen LogP) is 2.51. The van der Waals surface area contributed by atoms with E-state index in [1.165, 1.54) is 30.4 Å². The Balaban J connectivity index is 1.49. The van der Waals surface area contributed by atoms with Crippen LogP contribution in [0.1, 0.15) is 43.2 Å². The molecular formula is C19H25NO2. The summed E-state index contributed by atoms with van der Waals surface area (Å²) in [7, 11) is 0. The summed E-state index contributed by atoms with van der Waals surface area (Å²) in [6.45, 7) is 1.93. The lowest BCUT2D eigenvalue weighted by Crippen LogP contribution is -2.41. The molecule has 3 aliphatic rings. The molecule has 1 aromatic rings. The fraction of sp³-hybridized carbons (Fsp3) is 0.632. The Kier molecular flexibility index (Phi) is 3.48. The molecule has 1 saturated carbocycles. The van der Waals surface area contributed by atoms with E-state index in [-0.39, 0.29) is 17.9 Å². The van der Waals surface area contributed by atoms with E-state index in [1.807, 2.05) is 0 Å². The molecular weight excluding hydrogens is 274 g/mol. The van der Waals surface area contributed by atoms with Gasteiger partial charge in [-0.05, 0) is 55.6 Å². The first-order valence-corrected chi connectivity index (χ1v) is 8.72. The number of rotatable bonds is 2. The summed E-state index contributed by atoms with van der Waals surface area (Å²) in [5, 5.41) is 9.24. The van der Waals surface area contributed by atoms with Crippen LogP contribution in [0.4, 0.5) is 0 Å². The first-order valence-electron chi connectivity index (χ1n) is 8.72. The van der Waals surface area contributed by atoms with Crippen molar-refractivity contribution < 1.29 is 9.90 Å². The summed E-state index contributed by atoms with van der Waals surface area (Å²) in [6, 6.07) is 8.73. The quantitative estimate of drug-likeness (QED) is 0.911. The van der Waals surface area contributed by atoms with Crippen molar-refractivity contribution in [2.75, 3.05) is 19.7 Å². The molecule has 22 heavy (non-hydrogen) atoms. The number of aryl methyl sites for hydroxylation is 1. The van der Waals surface area contributed by atoms with Gasteiger partial charge in [0.15, 0.2) is 0 Å². The van der Waals surface area contributed by atoms with Gasteiger partial charge < -0.3 is 10.0 Å². The van der Waals surface area contributed by atoms with Crippen molar-refractivity contribution in [1.29, 1.82) is 0 Å². The highest BCUT2D eigenvalue weighted by atomic mass is 16.3. The smallest absolute Gasteiger partial charge is 0.226 e. The van der Waals surface area contributed by atoms with Gasteiger partial charge in [0.2, 0.25) is 5.91 Å². The number of hydrogen-bond acceptors (Lipinski definition) is 2. The Hall–Kier alpha value is -1.35. The highest BCUT2D eigenvalue weighted by Crippen LogP contribution is 2.60. The molecule has 0 aromatic heterocycles. The van der Waals surface area contributed by atoms with Crippen LogP contribution >= 0.6 is 0 Å². The van der Waals surface area contributed by atoms with Crippen LogP contribution in [0.2, 0.25) is 0 Å². The number of amides is 1. The predicted molar refractivity (Wildman–Crippen MR) is 85.6 cm³/mol. The largest absolute Gasteiger partial charge is 0.396 e. The Morgan fingerprint density at radius 1 is 1.27 bits per heavy atom.